The number of halogens is 6. The Morgan fingerprint density at radius 3 is 1.17 bits per heavy atom. The zero-order valence-corrected chi connectivity index (χ0v) is 24.2. The zero-order chi connectivity index (χ0) is 27.9. The Bertz CT molecular complexity index is 476. The van der Waals surface area contributed by atoms with Crippen LogP contribution in [0.2, 0.25) is 0 Å². The van der Waals surface area contributed by atoms with Gasteiger partial charge in [-0.05, 0) is 26.7 Å². The van der Waals surface area contributed by atoms with Gasteiger partial charge in [0.2, 0.25) is 0 Å². The molecule has 0 aromatic carbocycles. The summed E-state index contributed by atoms with van der Waals surface area (Å²) in [5, 5.41) is 8.84. The minimum absolute atomic E-state index is 0.136. The molecule has 0 bridgehead atoms. The van der Waals surface area contributed by atoms with Crippen molar-refractivity contribution in [3.05, 3.63) is 0 Å². The third kappa shape index (κ3) is 36.0. The Kier molecular flexibility index (Phi) is 21.0. The molecule has 0 amide bonds. The molecule has 0 saturated carbocycles. The van der Waals surface area contributed by atoms with Gasteiger partial charge < -0.3 is 14.3 Å². The van der Waals surface area contributed by atoms with Crippen molar-refractivity contribution in [2.75, 3.05) is 46.0 Å². The van der Waals surface area contributed by atoms with Crippen LogP contribution in [0, 0.1) is 0 Å². The Hall–Kier alpha value is -0.110. The number of unbranched alkanes of at least 4 members (excludes halogenated alkanes) is 15. The molecule has 0 heterocycles. The predicted molar refractivity (Wildman–Crippen MR) is 142 cm³/mol. The van der Waals surface area contributed by atoms with Crippen LogP contribution in [0.25, 0.3) is 0 Å². The molecule has 0 spiro atoms. The van der Waals surface area contributed by atoms with Crippen molar-refractivity contribution in [1.29, 1.82) is 0 Å². The second-order valence-electron chi connectivity index (χ2n) is 10.0. The molecule has 0 fully saturated rings. The maximum atomic E-state index is 9.87. The van der Waals surface area contributed by atoms with Gasteiger partial charge in [-0.1, -0.05) is 96.8 Å². The third-order valence-electron chi connectivity index (χ3n) is 6.77. The molecule has 0 rings (SSSR count). The van der Waals surface area contributed by atoms with E-state index in [1.54, 1.807) is 0 Å². The first kappa shape index (κ1) is 38.0. The maximum absolute atomic E-state index is 10.7. The number of likely N-dealkylation sites (N-methyl/N-ethyl adjacent to an activating group) is 1. The molecule has 0 unspecified atom stereocenters. The average molecular weight is 560 g/mol. The van der Waals surface area contributed by atoms with Gasteiger partial charge in [0.05, 0.1) is 39.5 Å². The summed E-state index contributed by atoms with van der Waals surface area (Å²) < 4.78 is 65.9. The molecule has 10 heteroatoms. The number of aliphatic hydroxyl groups excluding tert-OH is 1. The van der Waals surface area contributed by atoms with E-state index in [0.717, 1.165) is 13.2 Å². The minimum atomic E-state index is -10.7. The third-order valence-corrected chi connectivity index (χ3v) is 6.77. The monoisotopic (exact) mass is 559 g/mol. The van der Waals surface area contributed by atoms with E-state index in [4.69, 9.17) is 9.84 Å². The van der Waals surface area contributed by atoms with E-state index >= 15 is 0 Å². The fraction of sp³-hybridized carbons (Fsp3) is 1.00. The Morgan fingerprint density at radius 1 is 0.528 bits per heavy atom. The summed E-state index contributed by atoms with van der Waals surface area (Å²) in [5.74, 6) is 0. The summed E-state index contributed by atoms with van der Waals surface area (Å²) in [6.45, 7) is 13.1. The molecule has 1 N–H and O–H groups in total. The van der Waals surface area contributed by atoms with Crippen LogP contribution in [0.4, 0.5) is 25.2 Å². The molecule has 0 aliphatic carbocycles. The summed E-state index contributed by atoms with van der Waals surface area (Å²) in [7, 11) is -10.7. The van der Waals surface area contributed by atoms with Crippen molar-refractivity contribution in [1.82, 2.24) is 0 Å². The normalized spacial score (nSPS) is 14.2. The molecule has 0 aliphatic rings. The molecule has 0 saturated heterocycles. The average Bonchev–Trinajstić information content (AvgIpc) is 2.78. The van der Waals surface area contributed by atoms with Crippen molar-refractivity contribution >= 4 is 7.81 Å². The van der Waals surface area contributed by atoms with Gasteiger partial charge in [0, 0.05) is 0 Å². The Balaban J connectivity index is 0. The summed E-state index contributed by atoms with van der Waals surface area (Å²) in [5.41, 5.74) is 0. The topological polar surface area (TPSA) is 29.5 Å². The number of rotatable bonds is 24. The van der Waals surface area contributed by atoms with Gasteiger partial charge in [0.25, 0.3) is 0 Å². The first-order valence-electron chi connectivity index (χ1n) is 14.3. The number of hydrogen-bond acceptors (Lipinski definition) is 2. The Labute approximate surface area is 217 Å². The van der Waals surface area contributed by atoms with Gasteiger partial charge in [0.1, 0.15) is 6.54 Å². The summed E-state index contributed by atoms with van der Waals surface area (Å²) >= 11 is 0. The number of hydrogen-bond donors (Lipinski definition) is 1. The number of quaternary nitrogens is 1. The second kappa shape index (κ2) is 19.9. The van der Waals surface area contributed by atoms with Crippen LogP contribution in [0.3, 0.4) is 0 Å². The predicted octanol–water partition coefficient (Wildman–Crippen LogP) is 10.5. The van der Waals surface area contributed by atoms with E-state index < -0.39 is 7.81 Å². The molecule has 224 valence electrons. The molecule has 0 atom stereocenters. The summed E-state index contributed by atoms with van der Waals surface area (Å²) in [4.78, 5) is 0. The van der Waals surface area contributed by atoms with Gasteiger partial charge in [-0.2, -0.15) is 0 Å². The zero-order valence-electron chi connectivity index (χ0n) is 23.3. The van der Waals surface area contributed by atoms with Crippen LogP contribution in [0.5, 0.6) is 0 Å². The number of nitrogens with zero attached hydrogens (tertiary/aromatic N) is 1. The van der Waals surface area contributed by atoms with E-state index in [-0.39, 0.29) is 6.61 Å². The summed E-state index contributed by atoms with van der Waals surface area (Å²) in [6, 6.07) is 0. The first-order chi connectivity index (χ1) is 16.7. The van der Waals surface area contributed by atoms with Crippen molar-refractivity contribution in [2.45, 2.75) is 124 Å². The Morgan fingerprint density at radius 2 is 0.861 bits per heavy atom. The van der Waals surface area contributed by atoms with Crippen molar-refractivity contribution < 1.29 is 39.5 Å². The van der Waals surface area contributed by atoms with Gasteiger partial charge in [0.15, 0.2) is 0 Å². The number of ether oxygens (including phenoxy) is 1. The summed E-state index contributed by atoms with van der Waals surface area (Å²) in [6.07, 6.45) is 22.9. The fourth-order valence-corrected chi connectivity index (χ4v) is 4.39. The number of aliphatic hydroxyl groups is 1. The van der Waals surface area contributed by atoms with Gasteiger partial charge in [-0.3, -0.25) is 0 Å². The quantitative estimate of drug-likeness (QED) is 0.0552. The van der Waals surface area contributed by atoms with E-state index in [0.29, 0.717) is 6.61 Å². The van der Waals surface area contributed by atoms with Crippen LogP contribution < -0.4 is 0 Å². The molecule has 0 aromatic heterocycles. The van der Waals surface area contributed by atoms with Crippen molar-refractivity contribution in [2.24, 2.45) is 0 Å². The van der Waals surface area contributed by atoms with E-state index in [2.05, 4.69) is 20.8 Å². The van der Waals surface area contributed by atoms with Crippen molar-refractivity contribution in [3.63, 3.8) is 0 Å². The molecule has 36 heavy (non-hydrogen) atoms. The van der Waals surface area contributed by atoms with Crippen LogP contribution in [-0.4, -0.2) is 55.6 Å². The van der Waals surface area contributed by atoms with Crippen LogP contribution in [-0.2, 0) is 4.74 Å². The second-order valence-corrected chi connectivity index (χ2v) is 11.9. The molecular formula is C26H56F6NO2P. The van der Waals surface area contributed by atoms with E-state index in [1.165, 1.54) is 127 Å². The van der Waals surface area contributed by atoms with Gasteiger partial charge in [-0.15, -0.1) is 0 Å². The fourth-order valence-electron chi connectivity index (χ4n) is 4.39. The first-order valence-corrected chi connectivity index (χ1v) is 16.3. The van der Waals surface area contributed by atoms with E-state index in [9.17, 15) is 25.2 Å². The molecule has 0 aromatic rings. The molecule has 0 aliphatic heterocycles. The van der Waals surface area contributed by atoms with Crippen LogP contribution in [0.15, 0.2) is 0 Å². The SMILES string of the molecule is CCCCCCCCCCCCCCCCCC[N+](CC)(CC)CCOCCO.F[P-](F)(F)(F)(F)F. The van der Waals surface area contributed by atoms with Crippen LogP contribution >= 0.6 is 7.81 Å². The molecule has 3 nitrogen and oxygen atoms in total. The van der Waals surface area contributed by atoms with Gasteiger partial charge in [-0.25, -0.2) is 0 Å². The van der Waals surface area contributed by atoms with E-state index in [1.807, 2.05) is 0 Å². The van der Waals surface area contributed by atoms with Crippen LogP contribution in [0.1, 0.15) is 124 Å². The van der Waals surface area contributed by atoms with Gasteiger partial charge >= 0.3 is 33.0 Å². The standard InChI is InChI=1S/C26H56NO2.F6P/c1-4-7-8-9-10-11-12-13-14-15-16-17-18-19-20-21-22-27(5-2,6-3)23-25-29-26-24-28;1-7(2,3,4,5)6/h28H,4-26H2,1-3H3;/q+1;-1. The molecular weight excluding hydrogens is 503 g/mol. The molecule has 0 radical (unpaired) electrons. The van der Waals surface area contributed by atoms with Crippen molar-refractivity contribution in [3.8, 4) is 0 Å².